The van der Waals surface area contributed by atoms with E-state index in [-0.39, 0.29) is 33.9 Å². The Morgan fingerprint density at radius 1 is 0.688 bits per heavy atom. The Balaban J connectivity index is 1.26. The van der Waals surface area contributed by atoms with Crippen LogP contribution in [-0.4, -0.2) is 135 Å². The normalized spacial score (nSPS) is 14.9. The molecule has 1 aliphatic heterocycles. The van der Waals surface area contributed by atoms with Gasteiger partial charge in [-0.2, -0.15) is 62.4 Å². The van der Waals surface area contributed by atoms with Crippen molar-refractivity contribution in [3.63, 3.8) is 0 Å². The number of fused-ring (bicyclic) bond motifs is 2. The smallest absolute Gasteiger partial charge is 0.355 e. The van der Waals surface area contributed by atoms with E-state index < -0.39 is 170 Å². The number of benzene rings is 6. The number of nitrogen functional groups attached to an aromatic ring is 2. The number of aliphatic carboxylic acids is 1. The number of aromatic hydroxyl groups is 1. The van der Waals surface area contributed by atoms with E-state index in [0.29, 0.717) is 23.2 Å². The number of nitrogens with two attached hydrogens (primary N) is 2. The SMILES string of the molecule is Nc1cc(OCCO)c(NNc2c(S(=O)(=O)O)cc3c(S(=O)(=O)O)c(N=NC4C(=O)N(c5ccc(S(=O)(=O)O)cc5)N=C4C(=O)O)ccc3c2O)cc1OC(CO)Oc1cc(S(=O)(=O)O)cc2c(S(=O)(=O)O)ccc(N)c12. The molecule has 0 spiro atoms. The zero-order valence-corrected chi connectivity index (χ0v) is 42.0. The van der Waals surface area contributed by atoms with Gasteiger partial charge in [-0.25, -0.2) is 4.79 Å². The summed E-state index contributed by atoms with van der Waals surface area (Å²) in [5.74, 6) is -5.67. The van der Waals surface area contributed by atoms with Gasteiger partial charge in [0.25, 0.3) is 62.8 Å². The zero-order chi connectivity index (χ0) is 56.9. The molecule has 2 unspecified atom stereocenters. The summed E-state index contributed by atoms with van der Waals surface area (Å²) in [4.78, 5) is 20.4. The predicted molar refractivity (Wildman–Crippen MR) is 263 cm³/mol. The standard InChI is InChI=1S/C40H36N8O24S5/c41-23-6-8-30(75(61,62)63)22-11-19(74(58,59)60)12-29(33(22)23)72-32(16-50)71-27-15-26(28(14-24(27)42)70-10-9-49)44-45-34-31(76(64,65)66)13-21-20(37(34)51)5-7-25(38(21)77(67,68)69)43-46-35-36(40(53)54)47-48(39(35)52)17-1-3-18(4-2-17)73(55,56)57/h1-8,11-15,32,35,44-45,49-51H,9-10,16,41-42H2,(H,53,54)(H,55,56,57)(H,58,59,60)(H,61,62,63)(H,64,65,66)(H,67,68,69). The van der Waals surface area contributed by atoms with Crippen molar-refractivity contribution in [1.29, 1.82) is 0 Å². The first kappa shape index (κ1) is 56.6. The van der Waals surface area contributed by atoms with Crippen LogP contribution in [0.3, 0.4) is 0 Å². The van der Waals surface area contributed by atoms with Crippen LogP contribution >= 0.6 is 0 Å². The lowest BCUT2D eigenvalue weighted by Crippen LogP contribution is -2.33. The second-order valence-electron chi connectivity index (χ2n) is 15.6. The maximum Gasteiger partial charge on any atom is 0.355 e. The highest BCUT2D eigenvalue weighted by Crippen LogP contribution is 2.45. The third kappa shape index (κ3) is 11.8. The Labute approximate surface area is 432 Å². The number of amides is 1. The molecule has 0 aliphatic carbocycles. The van der Waals surface area contributed by atoms with E-state index in [0.717, 1.165) is 60.7 Å². The quantitative estimate of drug-likeness (QED) is 0.0129. The van der Waals surface area contributed by atoms with Crippen LogP contribution in [0.5, 0.6) is 23.0 Å². The molecular weight excluding hydrogens is 1140 g/mol. The number of aliphatic hydroxyl groups is 2. The molecule has 410 valence electrons. The first-order valence-electron chi connectivity index (χ1n) is 20.6. The van der Waals surface area contributed by atoms with Gasteiger partial charge in [0.1, 0.15) is 62.3 Å². The van der Waals surface area contributed by atoms with Crippen molar-refractivity contribution in [2.45, 2.75) is 36.8 Å². The summed E-state index contributed by atoms with van der Waals surface area (Å²) in [6.07, 6.45) is -1.95. The molecule has 2 atom stereocenters. The number of hydrogen-bond acceptors (Lipinski definition) is 25. The Bertz CT molecular complexity index is 4110. The maximum atomic E-state index is 13.4. The van der Waals surface area contributed by atoms with E-state index in [1.807, 2.05) is 0 Å². The Morgan fingerprint density at radius 2 is 1.32 bits per heavy atom. The maximum absolute atomic E-state index is 13.4. The monoisotopic (exact) mass is 1170 g/mol. The number of anilines is 5. The molecule has 1 aliphatic rings. The minimum absolute atomic E-state index is 0.234. The molecule has 6 aromatic carbocycles. The van der Waals surface area contributed by atoms with Gasteiger partial charge in [-0.3, -0.25) is 38.4 Å². The second-order valence-corrected chi connectivity index (χ2v) is 22.6. The van der Waals surface area contributed by atoms with E-state index in [1.165, 1.54) is 0 Å². The van der Waals surface area contributed by atoms with Crippen LogP contribution in [0, 0.1) is 0 Å². The van der Waals surface area contributed by atoms with Gasteiger partial charge in [0.15, 0.2) is 5.71 Å². The number of ether oxygens (including phenoxy) is 3. The van der Waals surface area contributed by atoms with Gasteiger partial charge >= 0.3 is 5.97 Å². The molecule has 77 heavy (non-hydrogen) atoms. The fourth-order valence-corrected chi connectivity index (χ4v) is 10.5. The number of carbonyl (C=O) groups excluding carboxylic acids is 1. The van der Waals surface area contributed by atoms with Crippen LogP contribution < -0.4 is 41.5 Å². The lowest BCUT2D eigenvalue weighted by Gasteiger charge is -2.23. The van der Waals surface area contributed by atoms with E-state index >= 15 is 0 Å². The number of carbonyl (C=O) groups is 2. The molecule has 0 bridgehead atoms. The first-order chi connectivity index (χ1) is 35.7. The van der Waals surface area contributed by atoms with Crippen LogP contribution in [-0.2, 0) is 60.2 Å². The zero-order valence-electron chi connectivity index (χ0n) is 37.9. The summed E-state index contributed by atoms with van der Waals surface area (Å²) in [7, 11) is -26.1. The molecule has 0 radical (unpaired) electrons. The van der Waals surface area contributed by atoms with Crippen LogP contribution in [0.15, 0.2) is 119 Å². The number of azo groups is 1. The summed E-state index contributed by atoms with van der Waals surface area (Å²) >= 11 is 0. The molecule has 0 fully saturated rings. The number of carboxylic acids is 1. The largest absolute Gasteiger partial charge is 0.505 e. The van der Waals surface area contributed by atoms with Crippen LogP contribution in [0.25, 0.3) is 21.5 Å². The van der Waals surface area contributed by atoms with Gasteiger partial charge in [-0.15, -0.1) is 0 Å². The molecule has 0 aromatic heterocycles. The highest BCUT2D eigenvalue weighted by molar-refractivity contribution is 7.87. The molecule has 1 heterocycles. The molecule has 37 heteroatoms. The number of hydrazine groups is 1. The van der Waals surface area contributed by atoms with Crippen LogP contribution in [0.4, 0.5) is 34.1 Å². The van der Waals surface area contributed by atoms with Crippen LogP contribution in [0.2, 0.25) is 0 Å². The number of nitrogens with one attached hydrogen (secondary N) is 2. The van der Waals surface area contributed by atoms with Gasteiger partial charge in [-0.1, -0.05) is 0 Å². The van der Waals surface area contributed by atoms with Crippen molar-refractivity contribution in [3.8, 4) is 23.0 Å². The first-order valence-corrected chi connectivity index (χ1v) is 27.8. The highest BCUT2D eigenvalue weighted by Gasteiger charge is 2.41. The summed E-state index contributed by atoms with van der Waals surface area (Å²) in [5, 5.41) is 50.2. The van der Waals surface area contributed by atoms with Crippen molar-refractivity contribution in [2.24, 2.45) is 15.3 Å². The molecule has 1 amide bonds. The Morgan fingerprint density at radius 3 is 1.90 bits per heavy atom. The number of phenolic OH excluding ortho intramolecular Hbond substituents is 1. The summed E-state index contributed by atoms with van der Waals surface area (Å²) < 4.78 is 191. The van der Waals surface area contributed by atoms with Gasteiger partial charge in [0, 0.05) is 45.4 Å². The summed E-state index contributed by atoms with van der Waals surface area (Å²) in [6.45, 7) is -2.17. The summed E-state index contributed by atoms with van der Waals surface area (Å²) in [6, 6.07) is 8.70. The van der Waals surface area contributed by atoms with Crippen LogP contribution in [0.1, 0.15) is 0 Å². The van der Waals surface area contributed by atoms with Gasteiger partial charge < -0.3 is 46.1 Å². The number of aliphatic hydroxyl groups excluding tert-OH is 2. The molecule has 15 N–H and O–H groups in total. The summed E-state index contributed by atoms with van der Waals surface area (Å²) in [5.41, 5.74) is 12.9. The number of rotatable bonds is 20. The van der Waals surface area contributed by atoms with Gasteiger partial charge in [-0.05, 0) is 60.7 Å². The van der Waals surface area contributed by atoms with E-state index in [4.69, 9.17) is 25.7 Å². The fourth-order valence-electron chi connectivity index (χ4n) is 7.29. The highest BCUT2D eigenvalue weighted by atomic mass is 32.2. The number of hydrazone groups is 1. The topological polar surface area (TPSA) is 531 Å². The van der Waals surface area contributed by atoms with Crippen molar-refractivity contribution < 1.29 is 109 Å². The van der Waals surface area contributed by atoms with Gasteiger partial charge in [0.2, 0.25) is 6.04 Å². The molecule has 0 saturated carbocycles. The molecule has 6 aromatic rings. The molecule has 7 rings (SSSR count). The lowest BCUT2D eigenvalue weighted by atomic mass is 10.1. The van der Waals surface area contributed by atoms with E-state index in [9.17, 15) is 94.9 Å². The minimum Gasteiger partial charge on any atom is -0.505 e. The molecular formula is C40H36N8O24S5. The van der Waals surface area contributed by atoms with Crippen molar-refractivity contribution >= 4 is 124 Å². The van der Waals surface area contributed by atoms with Crippen molar-refractivity contribution in [1.82, 2.24) is 0 Å². The number of carboxylic acid groups (broad SMARTS) is 1. The van der Waals surface area contributed by atoms with Crippen molar-refractivity contribution in [2.75, 3.05) is 47.1 Å². The predicted octanol–water partition coefficient (Wildman–Crippen LogP) is 1.62. The third-order valence-electron chi connectivity index (χ3n) is 10.6. The Kier molecular flexibility index (Phi) is 15.3. The Hall–Kier alpha value is -8.08. The second kappa shape index (κ2) is 20.8. The molecule has 0 saturated heterocycles. The fraction of sp³-hybridized carbons (Fsp3) is 0.125. The van der Waals surface area contributed by atoms with Gasteiger partial charge in [0.05, 0.1) is 33.5 Å². The van der Waals surface area contributed by atoms with Crippen molar-refractivity contribution in [3.05, 3.63) is 78.9 Å². The number of hydrogen-bond donors (Lipinski definition) is 13. The minimum atomic E-state index is -5.61. The average Bonchev–Trinajstić information content (AvgIpc) is 3.66. The van der Waals surface area contributed by atoms with E-state index in [1.54, 1.807) is 0 Å². The average molecular weight is 1170 g/mol. The number of nitrogens with zero attached hydrogens (tertiary/aromatic N) is 4. The lowest BCUT2D eigenvalue weighted by molar-refractivity contribution is -0.130. The third-order valence-corrected chi connectivity index (χ3v) is 15.0. The number of phenols is 1. The molecule has 32 nitrogen and oxygen atoms in total. The van der Waals surface area contributed by atoms with E-state index in [2.05, 4.69) is 26.2 Å².